The van der Waals surface area contributed by atoms with Crippen molar-refractivity contribution < 1.29 is 4.74 Å². The fourth-order valence-corrected chi connectivity index (χ4v) is 2.15. The van der Waals surface area contributed by atoms with Gasteiger partial charge < -0.3 is 10.5 Å². The molecule has 0 atom stereocenters. The molecule has 0 aliphatic rings. The summed E-state index contributed by atoms with van der Waals surface area (Å²) < 4.78 is 6.30. The van der Waals surface area contributed by atoms with E-state index >= 15 is 0 Å². The van der Waals surface area contributed by atoms with Crippen LogP contribution >= 0.6 is 15.9 Å². The molecule has 0 aromatic heterocycles. The lowest BCUT2D eigenvalue weighted by Gasteiger charge is -2.14. The first-order valence-electron chi connectivity index (χ1n) is 4.64. The van der Waals surface area contributed by atoms with Gasteiger partial charge in [0.25, 0.3) is 0 Å². The number of nitrogens with two attached hydrogens (primary N) is 1. The zero-order valence-electron chi connectivity index (χ0n) is 8.86. The third-order valence-corrected chi connectivity index (χ3v) is 3.42. The normalized spacial score (nSPS) is 10.4. The molecular weight excluding hydrogens is 242 g/mol. The Kier molecular flexibility index (Phi) is 3.96. The van der Waals surface area contributed by atoms with E-state index in [-0.39, 0.29) is 0 Å². The van der Waals surface area contributed by atoms with Crippen LogP contribution in [0.3, 0.4) is 0 Å². The van der Waals surface area contributed by atoms with E-state index in [0.29, 0.717) is 6.54 Å². The van der Waals surface area contributed by atoms with Crippen LogP contribution in [0.25, 0.3) is 0 Å². The molecule has 2 nitrogen and oxygen atoms in total. The number of hydrogen-bond acceptors (Lipinski definition) is 2. The minimum Gasteiger partial charge on any atom is -0.496 e. The number of halogens is 1. The van der Waals surface area contributed by atoms with Gasteiger partial charge in [0.05, 0.1) is 11.6 Å². The van der Waals surface area contributed by atoms with Gasteiger partial charge in [0.1, 0.15) is 5.75 Å². The second kappa shape index (κ2) is 4.80. The predicted molar refractivity (Wildman–Crippen MR) is 62.9 cm³/mol. The van der Waals surface area contributed by atoms with Gasteiger partial charge in [-0.1, -0.05) is 0 Å². The summed E-state index contributed by atoms with van der Waals surface area (Å²) in [6.45, 7) is 4.86. The van der Waals surface area contributed by atoms with Gasteiger partial charge in [0, 0.05) is 0 Å². The highest BCUT2D eigenvalue weighted by Gasteiger charge is 2.10. The van der Waals surface area contributed by atoms with Crippen LogP contribution in [0.2, 0.25) is 0 Å². The summed E-state index contributed by atoms with van der Waals surface area (Å²) >= 11 is 3.53. The summed E-state index contributed by atoms with van der Waals surface area (Å²) in [7, 11) is 1.68. The number of ether oxygens (including phenoxy) is 1. The monoisotopic (exact) mass is 257 g/mol. The van der Waals surface area contributed by atoms with Gasteiger partial charge in [0.2, 0.25) is 0 Å². The second-order valence-electron chi connectivity index (χ2n) is 3.35. The molecule has 0 aliphatic heterocycles. The van der Waals surface area contributed by atoms with Gasteiger partial charge in [-0.3, -0.25) is 0 Å². The van der Waals surface area contributed by atoms with Gasteiger partial charge in [-0.15, -0.1) is 0 Å². The highest BCUT2D eigenvalue weighted by molar-refractivity contribution is 9.10. The molecule has 14 heavy (non-hydrogen) atoms. The van der Waals surface area contributed by atoms with Gasteiger partial charge in [-0.25, -0.2) is 0 Å². The first kappa shape index (κ1) is 11.5. The Morgan fingerprint density at radius 2 is 2.07 bits per heavy atom. The average Bonchev–Trinajstić information content (AvgIpc) is 2.18. The SMILES string of the molecule is COc1cc(C)c(CCN)c(C)c1Br. The molecule has 0 saturated heterocycles. The highest BCUT2D eigenvalue weighted by Crippen LogP contribution is 2.32. The zero-order chi connectivity index (χ0) is 10.7. The van der Waals surface area contributed by atoms with E-state index in [0.717, 1.165) is 16.6 Å². The summed E-state index contributed by atoms with van der Waals surface area (Å²) in [6.07, 6.45) is 0.917. The topological polar surface area (TPSA) is 35.2 Å². The maximum Gasteiger partial charge on any atom is 0.133 e. The Hall–Kier alpha value is -0.540. The fraction of sp³-hybridized carbons (Fsp3) is 0.455. The van der Waals surface area contributed by atoms with Crippen molar-refractivity contribution >= 4 is 15.9 Å². The number of hydrogen-bond donors (Lipinski definition) is 1. The molecule has 0 fully saturated rings. The molecular formula is C11H16BrNO. The Labute approximate surface area is 93.6 Å². The number of methoxy groups -OCH3 is 1. The van der Waals surface area contributed by atoms with Gasteiger partial charge in [-0.05, 0) is 65.5 Å². The van der Waals surface area contributed by atoms with Crippen molar-refractivity contribution in [1.29, 1.82) is 0 Å². The summed E-state index contributed by atoms with van der Waals surface area (Å²) in [5.41, 5.74) is 9.36. The largest absolute Gasteiger partial charge is 0.496 e. The van der Waals surface area contributed by atoms with Crippen LogP contribution in [0, 0.1) is 13.8 Å². The molecule has 78 valence electrons. The molecule has 0 radical (unpaired) electrons. The van der Waals surface area contributed by atoms with Crippen LogP contribution < -0.4 is 10.5 Å². The van der Waals surface area contributed by atoms with Crippen molar-refractivity contribution in [2.24, 2.45) is 5.73 Å². The quantitative estimate of drug-likeness (QED) is 0.904. The Bertz CT molecular complexity index is 337. The summed E-state index contributed by atoms with van der Waals surface area (Å²) in [5, 5.41) is 0. The maximum atomic E-state index is 5.57. The number of aryl methyl sites for hydroxylation is 1. The molecule has 0 bridgehead atoms. The van der Waals surface area contributed by atoms with Crippen LogP contribution in [-0.4, -0.2) is 13.7 Å². The van der Waals surface area contributed by atoms with Crippen LogP contribution in [0.5, 0.6) is 5.75 Å². The fourth-order valence-electron chi connectivity index (χ4n) is 1.64. The molecule has 3 heteroatoms. The molecule has 1 rings (SSSR count). The van der Waals surface area contributed by atoms with E-state index in [1.165, 1.54) is 16.7 Å². The zero-order valence-corrected chi connectivity index (χ0v) is 10.4. The third kappa shape index (κ3) is 2.10. The van der Waals surface area contributed by atoms with E-state index in [1.807, 2.05) is 6.07 Å². The molecule has 0 spiro atoms. The molecule has 1 aromatic rings. The lowest BCUT2D eigenvalue weighted by Crippen LogP contribution is -2.06. The smallest absolute Gasteiger partial charge is 0.133 e. The van der Waals surface area contributed by atoms with Crippen molar-refractivity contribution in [2.45, 2.75) is 20.3 Å². The van der Waals surface area contributed by atoms with Gasteiger partial charge in [0.15, 0.2) is 0 Å². The van der Waals surface area contributed by atoms with E-state index in [2.05, 4.69) is 29.8 Å². The van der Waals surface area contributed by atoms with Crippen molar-refractivity contribution in [2.75, 3.05) is 13.7 Å². The Morgan fingerprint density at radius 3 is 2.57 bits per heavy atom. The standard InChI is InChI=1S/C11H16BrNO/c1-7-6-10(14-3)11(12)8(2)9(7)4-5-13/h6H,4-5,13H2,1-3H3. The molecule has 1 aromatic carbocycles. The molecule has 0 saturated carbocycles. The minimum atomic E-state index is 0.681. The Morgan fingerprint density at radius 1 is 1.43 bits per heavy atom. The van der Waals surface area contributed by atoms with E-state index in [9.17, 15) is 0 Å². The summed E-state index contributed by atoms with van der Waals surface area (Å²) in [5.74, 6) is 0.890. The molecule has 0 amide bonds. The number of benzene rings is 1. The lowest BCUT2D eigenvalue weighted by atomic mass is 9.99. The molecule has 0 unspecified atom stereocenters. The third-order valence-electron chi connectivity index (χ3n) is 2.44. The van der Waals surface area contributed by atoms with E-state index in [1.54, 1.807) is 7.11 Å². The van der Waals surface area contributed by atoms with Crippen LogP contribution in [-0.2, 0) is 6.42 Å². The van der Waals surface area contributed by atoms with Gasteiger partial charge >= 0.3 is 0 Å². The summed E-state index contributed by atoms with van der Waals surface area (Å²) in [6, 6.07) is 2.04. The van der Waals surface area contributed by atoms with Crippen molar-refractivity contribution in [1.82, 2.24) is 0 Å². The molecule has 2 N–H and O–H groups in total. The van der Waals surface area contributed by atoms with Crippen LogP contribution in [0.1, 0.15) is 16.7 Å². The van der Waals surface area contributed by atoms with Crippen molar-refractivity contribution in [3.05, 3.63) is 27.2 Å². The first-order valence-corrected chi connectivity index (χ1v) is 5.43. The van der Waals surface area contributed by atoms with Crippen molar-refractivity contribution in [3.8, 4) is 5.75 Å². The van der Waals surface area contributed by atoms with E-state index < -0.39 is 0 Å². The summed E-state index contributed by atoms with van der Waals surface area (Å²) in [4.78, 5) is 0. The minimum absolute atomic E-state index is 0.681. The second-order valence-corrected chi connectivity index (χ2v) is 4.14. The van der Waals surface area contributed by atoms with E-state index in [4.69, 9.17) is 10.5 Å². The predicted octanol–water partition coefficient (Wildman–Crippen LogP) is 2.58. The average molecular weight is 258 g/mol. The van der Waals surface area contributed by atoms with Crippen LogP contribution in [0.4, 0.5) is 0 Å². The maximum absolute atomic E-state index is 5.57. The van der Waals surface area contributed by atoms with Crippen LogP contribution in [0.15, 0.2) is 10.5 Å². The van der Waals surface area contributed by atoms with Gasteiger partial charge in [-0.2, -0.15) is 0 Å². The van der Waals surface area contributed by atoms with Crippen molar-refractivity contribution in [3.63, 3.8) is 0 Å². The molecule has 0 aliphatic carbocycles. The highest BCUT2D eigenvalue weighted by atomic mass is 79.9. The Balaban J connectivity index is 3.26. The lowest BCUT2D eigenvalue weighted by molar-refractivity contribution is 0.411. The molecule has 0 heterocycles. The number of rotatable bonds is 3. The first-order chi connectivity index (χ1) is 6.61.